The van der Waals surface area contributed by atoms with Crippen LogP contribution in [0.15, 0.2) is 48.5 Å². The second-order valence-corrected chi connectivity index (χ2v) is 11.3. The topological polar surface area (TPSA) is 0 Å². The van der Waals surface area contributed by atoms with Crippen molar-refractivity contribution in [3.63, 3.8) is 0 Å². The van der Waals surface area contributed by atoms with Crippen molar-refractivity contribution >= 4 is 49.8 Å². The molecule has 0 spiro atoms. The van der Waals surface area contributed by atoms with Crippen molar-refractivity contribution in [2.45, 2.75) is 41.5 Å². The molecular weight excluding hydrogens is 431 g/mol. The summed E-state index contributed by atoms with van der Waals surface area (Å²) in [5, 5.41) is 5.82. The van der Waals surface area contributed by atoms with Crippen LogP contribution in [0.4, 0.5) is 0 Å². The molecule has 0 N–H and O–H groups in total. The molecule has 0 heterocycles. The number of aryl methyl sites for hydroxylation is 2. The van der Waals surface area contributed by atoms with Crippen LogP contribution < -0.4 is 7.16 Å². The van der Waals surface area contributed by atoms with E-state index in [9.17, 15) is 0 Å². The molecule has 0 bridgehead atoms. The van der Waals surface area contributed by atoms with Gasteiger partial charge in [-0.05, 0) is 0 Å². The summed E-state index contributed by atoms with van der Waals surface area (Å²) in [6.45, 7) is 13.8. The fourth-order valence-electron chi connectivity index (χ4n) is 4.25. The number of hydrogen-bond donors (Lipinski definition) is 0. The van der Waals surface area contributed by atoms with E-state index >= 15 is 0 Å². The molecule has 0 saturated heterocycles. The first kappa shape index (κ1) is 18.6. The van der Waals surface area contributed by atoms with Crippen LogP contribution in [-0.4, -0.2) is 21.1 Å². The van der Waals surface area contributed by atoms with Crippen LogP contribution in [0.1, 0.15) is 33.4 Å². The number of rotatable bonds is 2. The Morgan fingerprint density at radius 1 is 0.407 bits per heavy atom. The van der Waals surface area contributed by atoms with Crippen LogP contribution in [0.2, 0.25) is 0 Å². The van der Waals surface area contributed by atoms with Crippen molar-refractivity contribution in [3.05, 3.63) is 81.9 Å². The molecule has 132 valence electrons. The summed E-state index contributed by atoms with van der Waals surface area (Å²) in [4.78, 5) is 0. The quantitative estimate of drug-likeness (QED) is 0.349. The SMILES string of the molecule is Cc1c(C)[c]([Sn+2][c]2c(C)c(C)c(C)c3ccccc23)c2ccccc2c1C. The molecule has 0 aliphatic carbocycles. The van der Waals surface area contributed by atoms with E-state index in [1.807, 2.05) is 0 Å². The van der Waals surface area contributed by atoms with E-state index in [-0.39, 0.29) is 0 Å². The number of fused-ring (bicyclic) bond motifs is 2. The molecule has 0 nitrogen and oxygen atoms in total. The summed E-state index contributed by atoms with van der Waals surface area (Å²) in [5.74, 6) is 0. The third kappa shape index (κ3) is 2.89. The summed E-state index contributed by atoms with van der Waals surface area (Å²) in [6.07, 6.45) is 0. The molecule has 0 unspecified atom stereocenters. The Balaban J connectivity index is 2.05. The number of hydrogen-bond acceptors (Lipinski definition) is 0. The molecule has 0 radical (unpaired) electrons. The van der Waals surface area contributed by atoms with E-state index < -0.39 is 21.1 Å². The van der Waals surface area contributed by atoms with Gasteiger partial charge >= 0.3 is 173 Å². The Bertz CT molecular complexity index is 1100. The van der Waals surface area contributed by atoms with Crippen molar-refractivity contribution in [1.29, 1.82) is 0 Å². The zero-order valence-electron chi connectivity index (χ0n) is 17.1. The summed E-state index contributed by atoms with van der Waals surface area (Å²) in [7, 11) is 0. The Hall–Kier alpha value is -1.80. The maximum atomic E-state index is 2.34. The normalized spacial score (nSPS) is 11.2. The first-order valence-electron chi connectivity index (χ1n) is 9.65. The predicted octanol–water partition coefficient (Wildman–Crippen LogP) is 5.50. The van der Waals surface area contributed by atoms with Crippen molar-refractivity contribution in [1.82, 2.24) is 0 Å². The summed E-state index contributed by atoms with van der Waals surface area (Å²) < 4.78 is 3.29. The molecule has 0 aliphatic heterocycles. The minimum absolute atomic E-state index is 0.968. The van der Waals surface area contributed by atoms with Crippen molar-refractivity contribution in [2.24, 2.45) is 0 Å². The van der Waals surface area contributed by atoms with Gasteiger partial charge in [0.05, 0.1) is 0 Å². The van der Waals surface area contributed by atoms with Crippen molar-refractivity contribution in [2.75, 3.05) is 0 Å². The van der Waals surface area contributed by atoms with E-state index in [1.165, 1.54) is 54.9 Å². The first-order valence-corrected chi connectivity index (χ1v) is 12.5. The zero-order valence-corrected chi connectivity index (χ0v) is 20.0. The predicted molar refractivity (Wildman–Crippen MR) is 121 cm³/mol. The van der Waals surface area contributed by atoms with Gasteiger partial charge in [0.2, 0.25) is 0 Å². The second-order valence-electron chi connectivity index (χ2n) is 7.72. The Labute approximate surface area is 172 Å². The van der Waals surface area contributed by atoms with Gasteiger partial charge in [0.1, 0.15) is 0 Å². The molecule has 4 aromatic carbocycles. The molecule has 4 rings (SSSR count). The Morgan fingerprint density at radius 2 is 0.741 bits per heavy atom. The molecule has 0 aromatic heterocycles. The number of benzene rings is 4. The second kappa shape index (κ2) is 6.98. The summed E-state index contributed by atoms with van der Waals surface area (Å²) >= 11 is -0.968. The molecule has 0 saturated carbocycles. The molecule has 27 heavy (non-hydrogen) atoms. The monoisotopic (exact) mass is 458 g/mol. The molecule has 4 aromatic rings. The summed E-state index contributed by atoms with van der Waals surface area (Å²) in [5.41, 5.74) is 8.84. The van der Waals surface area contributed by atoms with Gasteiger partial charge in [-0.2, -0.15) is 0 Å². The van der Waals surface area contributed by atoms with Gasteiger partial charge in [0.15, 0.2) is 0 Å². The Kier molecular flexibility index (Phi) is 4.80. The van der Waals surface area contributed by atoms with Crippen LogP contribution in [-0.2, 0) is 0 Å². The van der Waals surface area contributed by atoms with Crippen LogP contribution in [0, 0.1) is 41.5 Å². The fraction of sp³-hybridized carbons (Fsp3) is 0.231. The average molecular weight is 457 g/mol. The van der Waals surface area contributed by atoms with E-state index in [0.717, 1.165) is 0 Å². The van der Waals surface area contributed by atoms with Crippen molar-refractivity contribution in [3.8, 4) is 0 Å². The average Bonchev–Trinajstić information content (AvgIpc) is 2.70. The van der Waals surface area contributed by atoms with Crippen LogP contribution in [0.3, 0.4) is 0 Å². The van der Waals surface area contributed by atoms with E-state index in [2.05, 4.69) is 90.1 Å². The third-order valence-electron chi connectivity index (χ3n) is 6.45. The van der Waals surface area contributed by atoms with Gasteiger partial charge in [-0.25, -0.2) is 0 Å². The van der Waals surface area contributed by atoms with Crippen LogP contribution in [0.25, 0.3) is 21.5 Å². The van der Waals surface area contributed by atoms with Gasteiger partial charge in [-0.3, -0.25) is 0 Å². The van der Waals surface area contributed by atoms with E-state index in [0.29, 0.717) is 0 Å². The zero-order chi connectivity index (χ0) is 19.3. The minimum atomic E-state index is -0.968. The molecule has 0 aliphatic rings. The van der Waals surface area contributed by atoms with E-state index in [1.54, 1.807) is 7.16 Å². The van der Waals surface area contributed by atoms with Gasteiger partial charge in [0.25, 0.3) is 0 Å². The first-order chi connectivity index (χ1) is 12.9. The standard InChI is InChI=1S/2C13H13.Sn/c2*1-9-8-12-6-4-5-7-13(12)11(3)10(9)2;/h2*4-7H,1-3H3;/q;;+2. The molecule has 0 fully saturated rings. The van der Waals surface area contributed by atoms with E-state index in [4.69, 9.17) is 0 Å². The Morgan fingerprint density at radius 3 is 1.11 bits per heavy atom. The van der Waals surface area contributed by atoms with Gasteiger partial charge < -0.3 is 0 Å². The van der Waals surface area contributed by atoms with Crippen molar-refractivity contribution < 1.29 is 0 Å². The maximum absolute atomic E-state index is 2.34. The summed E-state index contributed by atoms with van der Waals surface area (Å²) in [6, 6.07) is 18.0. The molecule has 0 atom stereocenters. The van der Waals surface area contributed by atoms with Crippen LogP contribution >= 0.6 is 0 Å². The fourth-order valence-corrected chi connectivity index (χ4v) is 9.12. The van der Waals surface area contributed by atoms with Crippen LogP contribution in [0.5, 0.6) is 0 Å². The molecular formula is C26H26Sn+2. The molecule has 0 amide bonds. The van der Waals surface area contributed by atoms with Gasteiger partial charge in [-0.1, -0.05) is 0 Å². The third-order valence-corrected chi connectivity index (χ3v) is 11.6. The van der Waals surface area contributed by atoms with Gasteiger partial charge in [0, 0.05) is 0 Å². The van der Waals surface area contributed by atoms with Gasteiger partial charge in [-0.15, -0.1) is 0 Å². The molecule has 1 heteroatoms.